The van der Waals surface area contributed by atoms with Gasteiger partial charge in [0.2, 0.25) is 0 Å². The Labute approximate surface area is 129 Å². The van der Waals surface area contributed by atoms with Gasteiger partial charge in [0.1, 0.15) is 11.5 Å². The summed E-state index contributed by atoms with van der Waals surface area (Å²) in [6, 6.07) is 13.7. The third-order valence-electron chi connectivity index (χ3n) is 3.12. The topological polar surface area (TPSA) is 52.6 Å². The van der Waals surface area contributed by atoms with Gasteiger partial charge in [-0.3, -0.25) is 9.59 Å². The molecule has 0 radical (unpaired) electrons. The third kappa shape index (κ3) is 4.19. The summed E-state index contributed by atoms with van der Waals surface area (Å²) in [5.41, 5.74) is 1.19. The fourth-order valence-corrected chi connectivity index (χ4v) is 1.92. The summed E-state index contributed by atoms with van der Waals surface area (Å²) in [5.74, 6) is 1.18. The Morgan fingerprint density at radius 1 is 0.818 bits per heavy atom. The van der Waals surface area contributed by atoms with Gasteiger partial charge >= 0.3 is 0 Å². The van der Waals surface area contributed by atoms with Crippen LogP contribution in [0.4, 0.5) is 0 Å². The van der Waals surface area contributed by atoms with Gasteiger partial charge in [-0.2, -0.15) is 0 Å². The molecule has 0 amide bonds. The number of carbonyl (C=O) groups excluding carboxylic acids is 2. The van der Waals surface area contributed by atoms with Gasteiger partial charge in [-0.1, -0.05) is 0 Å². The average molecular weight is 298 g/mol. The van der Waals surface area contributed by atoms with E-state index in [1.54, 1.807) is 48.5 Å². The maximum Gasteiger partial charge on any atom is 0.200 e. The second-order valence-electron chi connectivity index (χ2n) is 4.75. The first-order valence-corrected chi connectivity index (χ1v) is 7.10. The molecule has 0 saturated heterocycles. The zero-order valence-electron chi connectivity index (χ0n) is 12.7. The monoisotopic (exact) mass is 298 g/mol. The van der Waals surface area contributed by atoms with Crippen LogP contribution in [0.5, 0.6) is 11.5 Å². The van der Waals surface area contributed by atoms with E-state index in [2.05, 4.69) is 0 Å². The Bertz CT molecular complexity index is 642. The number of Topliss-reactive ketones (excluding diaryl/α,β-unsaturated/α-hetero) is 2. The molecule has 114 valence electrons. The highest BCUT2D eigenvalue weighted by Gasteiger charge is 2.07. The summed E-state index contributed by atoms with van der Waals surface area (Å²) < 4.78 is 10.8. The SMILES string of the molecule is CCOc1ccc(C(=O)COc2ccc(C(C)=O)cc2)cc1. The molecule has 0 fully saturated rings. The van der Waals surface area contributed by atoms with E-state index >= 15 is 0 Å². The normalized spacial score (nSPS) is 10.1. The Kier molecular flexibility index (Phi) is 5.31. The Morgan fingerprint density at radius 3 is 1.82 bits per heavy atom. The van der Waals surface area contributed by atoms with E-state index in [1.165, 1.54) is 6.92 Å². The van der Waals surface area contributed by atoms with Crippen LogP contribution in [0.3, 0.4) is 0 Å². The standard InChI is InChI=1S/C18H18O4/c1-3-21-16-10-6-15(7-11-16)18(20)12-22-17-8-4-14(5-9-17)13(2)19/h4-11H,3,12H2,1-2H3. The molecule has 2 rings (SSSR count). The van der Waals surface area contributed by atoms with Gasteiger partial charge in [-0.25, -0.2) is 0 Å². The fraction of sp³-hybridized carbons (Fsp3) is 0.222. The molecule has 0 spiro atoms. The zero-order valence-corrected chi connectivity index (χ0v) is 12.7. The molecule has 0 aliphatic rings. The molecular formula is C18H18O4. The van der Waals surface area contributed by atoms with E-state index in [1.807, 2.05) is 6.92 Å². The van der Waals surface area contributed by atoms with Crippen LogP contribution in [0.25, 0.3) is 0 Å². The predicted octanol–water partition coefficient (Wildman–Crippen LogP) is 3.55. The van der Waals surface area contributed by atoms with Gasteiger partial charge < -0.3 is 9.47 Å². The summed E-state index contributed by atoms with van der Waals surface area (Å²) in [4.78, 5) is 23.2. The lowest BCUT2D eigenvalue weighted by Gasteiger charge is -2.07. The van der Waals surface area contributed by atoms with Crippen LogP contribution in [0.1, 0.15) is 34.6 Å². The molecule has 0 aliphatic carbocycles. The number of carbonyl (C=O) groups is 2. The van der Waals surface area contributed by atoms with Crippen LogP contribution in [0.15, 0.2) is 48.5 Å². The summed E-state index contributed by atoms with van der Waals surface area (Å²) in [7, 11) is 0. The number of hydrogen-bond donors (Lipinski definition) is 0. The van der Waals surface area contributed by atoms with Crippen molar-refractivity contribution >= 4 is 11.6 Å². The van der Waals surface area contributed by atoms with Crippen LogP contribution < -0.4 is 9.47 Å². The Balaban J connectivity index is 1.93. The van der Waals surface area contributed by atoms with E-state index in [0.29, 0.717) is 23.5 Å². The smallest absolute Gasteiger partial charge is 0.200 e. The molecule has 0 N–H and O–H groups in total. The number of hydrogen-bond acceptors (Lipinski definition) is 4. The van der Waals surface area contributed by atoms with Crippen molar-refractivity contribution in [2.75, 3.05) is 13.2 Å². The zero-order chi connectivity index (χ0) is 15.9. The van der Waals surface area contributed by atoms with E-state index < -0.39 is 0 Å². The fourth-order valence-electron chi connectivity index (χ4n) is 1.92. The minimum absolute atomic E-state index is 0.00276. The summed E-state index contributed by atoms with van der Waals surface area (Å²) in [6.45, 7) is 3.95. The lowest BCUT2D eigenvalue weighted by atomic mass is 10.1. The first-order chi connectivity index (χ1) is 10.6. The van der Waals surface area contributed by atoms with Crippen molar-refractivity contribution in [1.29, 1.82) is 0 Å². The molecule has 0 aliphatic heterocycles. The Morgan fingerprint density at radius 2 is 1.32 bits per heavy atom. The second kappa shape index (κ2) is 7.41. The minimum Gasteiger partial charge on any atom is -0.494 e. The molecule has 2 aromatic carbocycles. The van der Waals surface area contributed by atoms with Gasteiger partial charge in [-0.05, 0) is 62.4 Å². The molecule has 4 nitrogen and oxygen atoms in total. The maximum absolute atomic E-state index is 12.0. The van der Waals surface area contributed by atoms with E-state index in [0.717, 1.165) is 5.75 Å². The average Bonchev–Trinajstić information content (AvgIpc) is 2.54. The lowest BCUT2D eigenvalue weighted by molar-refractivity contribution is 0.0920. The van der Waals surface area contributed by atoms with Crippen molar-refractivity contribution in [1.82, 2.24) is 0 Å². The highest BCUT2D eigenvalue weighted by molar-refractivity contribution is 5.97. The van der Waals surface area contributed by atoms with Gasteiger partial charge in [0.25, 0.3) is 0 Å². The molecule has 0 bridgehead atoms. The van der Waals surface area contributed by atoms with Crippen LogP contribution in [0, 0.1) is 0 Å². The van der Waals surface area contributed by atoms with Crippen molar-refractivity contribution in [2.24, 2.45) is 0 Å². The number of ether oxygens (including phenoxy) is 2. The van der Waals surface area contributed by atoms with Crippen molar-refractivity contribution < 1.29 is 19.1 Å². The molecule has 4 heteroatoms. The molecule has 0 saturated carbocycles. The largest absolute Gasteiger partial charge is 0.494 e. The highest BCUT2D eigenvalue weighted by atomic mass is 16.5. The minimum atomic E-state index is -0.112. The first-order valence-electron chi connectivity index (χ1n) is 7.10. The maximum atomic E-state index is 12.0. The molecule has 22 heavy (non-hydrogen) atoms. The Hall–Kier alpha value is -2.62. The van der Waals surface area contributed by atoms with Gasteiger partial charge in [0.05, 0.1) is 6.61 Å². The van der Waals surface area contributed by atoms with Crippen LogP contribution >= 0.6 is 0 Å². The predicted molar refractivity (Wildman–Crippen MR) is 83.9 cm³/mol. The van der Waals surface area contributed by atoms with Crippen molar-refractivity contribution in [2.45, 2.75) is 13.8 Å². The summed E-state index contributed by atoms with van der Waals surface area (Å²) >= 11 is 0. The van der Waals surface area contributed by atoms with E-state index in [9.17, 15) is 9.59 Å². The van der Waals surface area contributed by atoms with Gasteiger partial charge in [-0.15, -0.1) is 0 Å². The number of benzene rings is 2. The van der Waals surface area contributed by atoms with Crippen molar-refractivity contribution in [3.63, 3.8) is 0 Å². The molecular weight excluding hydrogens is 280 g/mol. The van der Waals surface area contributed by atoms with Crippen LogP contribution in [0.2, 0.25) is 0 Å². The van der Waals surface area contributed by atoms with E-state index in [-0.39, 0.29) is 18.2 Å². The summed E-state index contributed by atoms with van der Waals surface area (Å²) in [5, 5.41) is 0. The van der Waals surface area contributed by atoms with Crippen molar-refractivity contribution in [3.05, 3.63) is 59.7 Å². The number of ketones is 2. The number of rotatable bonds is 7. The quantitative estimate of drug-likeness (QED) is 0.734. The first kappa shape index (κ1) is 15.8. The molecule has 0 aromatic heterocycles. The highest BCUT2D eigenvalue weighted by Crippen LogP contribution is 2.15. The lowest BCUT2D eigenvalue weighted by Crippen LogP contribution is -2.11. The van der Waals surface area contributed by atoms with Crippen LogP contribution in [-0.4, -0.2) is 24.8 Å². The molecule has 0 atom stereocenters. The third-order valence-corrected chi connectivity index (χ3v) is 3.12. The van der Waals surface area contributed by atoms with Crippen molar-refractivity contribution in [3.8, 4) is 11.5 Å². The molecule has 2 aromatic rings. The summed E-state index contributed by atoms with van der Waals surface area (Å²) in [6.07, 6.45) is 0. The molecule has 0 unspecified atom stereocenters. The van der Waals surface area contributed by atoms with Gasteiger partial charge in [0, 0.05) is 11.1 Å². The molecule has 0 heterocycles. The van der Waals surface area contributed by atoms with E-state index in [4.69, 9.17) is 9.47 Å². The van der Waals surface area contributed by atoms with Gasteiger partial charge in [0.15, 0.2) is 18.2 Å². The second-order valence-corrected chi connectivity index (χ2v) is 4.75. The van der Waals surface area contributed by atoms with Crippen LogP contribution in [-0.2, 0) is 0 Å².